The van der Waals surface area contributed by atoms with Crippen molar-refractivity contribution in [2.75, 3.05) is 19.6 Å². The fourth-order valence-corrected chi connectivity index (χ4v) is 3.42. The second kappa shape index (κ2) is 4.68. The van der Waals surface area contributed by atoms with Crippen LogP contribution in [0, 0.1) is 18.3 Å². The first-order valence-electron chi connectivity index (χ1n) is 5.59. The SMILES string of the molecule is Cc1nc(S(=O)(=O)N2CCNCC2C#N)cn1C. The highest BCUT2D eigenvalue weighted by Crippen LogP contribution is 2.18. The predicted octanol–water partition coefficient (Wildman–Crippen LogP) is -0.785. The lowest BCUT2D eigenvalue weighted by Gasteiger charge is -2.30. The molecule has 0 bridgehead atoms. The smallest absolute Gasteiger partial charge is 0.263 e. The minimum atomic E-state index is -3.69. The second-order valence-electron chi connectivity index (χ2n) is 4.20. The fraction of sp³-hybridized carbons (Fsp3) is 0.600. The molecule has 1 unspecified atom stereocenters. The summed E-state index contributed by atoms with van der Waals surface area (Å²) in [6.07, 6.45) is 1.47. The number of aromatic nitrogens is 2. The molecule has 98 valence electrons. The summed E-state index contributed by atoms with van der Waals surface area (Å²) in [6.45, 7) is 2.92. The van der Waals surface area contributed by atoms with Crippen molar-refractivity contribution in [2.24, 2.45) is 7.05 Å². The van der Waals surface area contributed by atoms with Crippen molar-refractivity contribution in [2.45, 2.75) is 18.0 Å². The minimum absolute atomic E-state index is 0.00431. The van der Waals surface area contributed by atoms with E-state index >= 15 is 0 Å². The lowest BCUT2D eigenvalue weighted by molar-refractivity contribution is 0.311. The van der Waals surface area contributed by atoms with E-state index < -0.39 is 16.1 Å². The molecule has 1 aliphatic rings. The van der Waals surface area contributed by atoms with Crippen LogP contribution in [-0.2, 0) is 17.1 Å². The Morgan fingerprint density at radius 3 is 2.89 bits per heavy atom. The van der Waals surface area contributed by atoms with E-state index in [2.05, 4.69) is 10.3 Å². The number of hydrogen-bond donors (Lipinski definition) is 1. The van der Waals surface area contributed by atoms with Crippen LogP contribution in [0.3, 0.4) is 0 Å². The van der Waals surface area contributed by atoms with Crippen molar-refractivity contribution in [3.8, 4) is 6.07 Å². The molecule has 1 N–H and O–H groups in total. The molecular formula is C10H15N5O2S. The quantitative estimate of drug-likeness (QED) is 0.760. The van der Waals surface area contributed by atoms with Crippen LogP contribution in [0.4, 0.5) is 0 Å². The Hall–Kier alpha value is -1.43. The Morgan fingerprint density at radius 2 is 2.33 bits per heavy atom. The van der Waals surface area contributed by atoms with E-state index in [4.69, 9.17) is 5.26 Å². The van der Waals surface area contributed by atoms with Gasteiger partial charge < -0.3 is 9.88 Å². The van der Waals surface area contributed by atoms with Crippen LogP contribution < -0.4 is 5.32 Å². The van der Waals surface area contributed by atoms with Gasteiger partial charge in [-0.2, -0.15) is 9.57 Å². The summed E-state index contributed by atoms with van der Waals surface area (Å²) in [5, 5.41) is 12.0. The van der Waals surface area contributed by atoms with E-state index in [1.165, 1.54) is 10.5 Å². The molecule has 1 aliphatic heterocycles. The van der Waals surface area contributed by atoms with Crippen LogP contribution in [0.25, 0.3) is 0 Å². The van der Waals surface area contributed by atoms with Gasteiger partial charge in [0.15, 0.2) is 5.03 Å². The predicted molar refractivity (Wildman–Crippen MR) is 64.1 cm³/mol. The maximum Gasteiger partial charge on any atom is 0.263 e. The standard InChI is InChI=1S/C10H15N5O2S/c1-8-13-10(7-14(8)2)18(16,17)15-4-3-12-6-9(15)5-11/h7,9,12H,3-4,6H2,1-2H3. The zero-order valence-electron chi connectivity index (χ0n) is 10.3. The van der Waals surface area contributed by atoms with Gasteiger partial charge in [0.25, 0.3) is 10.0 Å². The highest BCUT2D eigenvalue weighted by Gasteiger charge is 2.35. The third-order valence-electron chi connectivity index (χ3n) is 3.00. The third-order valence-corrected chi connectivity index (χ3v) is 4.78. The monoisotopic (exact) mass is 269 g/mol. The van der Waals surface area contributed by atoms with Crippen LogP contribution in [0.2, 0.25) is 0 Å². The maximum absolute atomic E-state index is 12.4. The van der Waals surface area contributed by atoms with Crippen molar-refractivity contribution >= 4 is 10.0 Å². The molecule has 8 heteroatoms. The highest BCUT2D eigenvalue weighted by atomic mass is 32.2. The first-order chi connectivity index (χ1) is 8.46. The summed E-state index contributed by atoms with van der Waals surface area (Å²) >= 11 is 0. The van der Waals surface area contributed by atoms with Gasteiger partial charge in [0.05, 0.1) is 6.07 Å². The Bertz CT molecular complexity index is 566. The van der Waals surface area contributed by atoms with Crippen molar-refractivity contribution in [3.05, 3.63) is 12.0 Å². The number of aryl methyl sites for hydroxylation is 2. The van der Waals surface area contributed by atoms with Crippen LogP contribution in [0.15, 0.2) is 11.2 Å². The molecule has 2 heterocycles. The number of nitriles is 1. The van der Waals surface area contributed by atoms with E-state index in [1.54, 1.807) is 18.5 Å². The van der Waals surface area contributed by atoms with Gasteiger partial charge in [-0.1, -0.05) is 0 Å². The van der Waals surface area contributed by atoms with Crippen molar-refractivity contribution < 1.29 is 8.42 Å². The summed E-state index contributed by atoms with van der Waals surface area (Å²) in [7, 11) is -1.95. The number of imidazole rings is 1. The van der Waals surface area contributed by atoms with E-state index in [1.807, 2.05) is 6.07 Å². The molecule has 1 aromatic heterocycles. The Balaban J connectivity index is 2.38. The van der Waals surface area contributed by atoms with Crippen LogP contribution in [-0.4, -0.2) is 48.0 Å². The zero-order chi connectivity index (χ0) is 13.3. The molecular weight excluding hydrogens is 254 g/mol. The average molecular weight is 269 g/mol. The fourth-order valence-electron chi connectivity index (χ4n) is 1.85. The Morgan fingerprint density at radius 1 is 1.61 bits per heavy atom. The van der Waals surface area contributed by atoms with Crippen LogP contribution in [0.5, 0.6) is 0 Å². The average Bonchev–Trinajstić information content (AvgIpc) is 2.70. The van der Waals surface area contributed by atoms with Crippen molar-refractivity contribution in [1.29, 1.82) is 5.26 Å². The van der Waals surface area contributed by atoms with Gasteiger partial charge in [-0.05, 0) is 6.92 Å². The van der Waals surface area contributed by atoms with Crippen molar-refractivity contribution in [1.82, 2.24) is 19.2 Å². The van der Waals surface area contributed by atoms with Gasteiger partial charge in [0.2, 0.25) is 0 Å². The molecule has 1 fully saturated rings. The lowest BCUT2D eigenvalue weighted by atomic mass is 10.3. The van der Waals surface area contributed by atoms with E-state index in [9.17, 15) is 8.42 Å². The topological polar surface area (TPSA) is 91.0 Å². The summed E-state index contributed by atoms with van der Waals surface area (Å²) < 4.78 is 27.6. The molecule has 0 spiro atoms. The molecule has 1 saturated heterocycles. The highest BCUT2D eigenvalue weighted by molar-refractivity contribution is 7.89. The summed E-state index contributed by atoms with van der Waals surface area (Å²) in [6, 6.07) is 1.33. The number of hydrogen-bond acceptors (Lipinski definition) is 5. The van der Waals surface area contributed by atoms with E-state index in [0.29, 0.717) is 18.9 Å². The summed E-state index contributed by atoms with van der Waals surface area (Å²) in [5.74, 6) is 0.622. The number of piperazine rings is 1. The van der Waals surface area contributed by atoms with Gasteiger partial charge in [-0.3, -0.25) is 0 Å². The second-order valence-corrected chi connectivity index (χ2v) is 6.04. The van der Waals surface area contributed by atoms with Gasteiger partial charge in [0.1, 0.15) is 11.9 Å². The van der Waals surface area contributed by atoms with Crippen LogP contribution >= 0.6 is 0 Å². The molecule has 1 atom stereocenters. The normalized spacial score (nSPS) is 21.7. The zero-order valence-corrected chi connectivity index (χ0v) is 11.1. The summed E-state index contributed by atoms with van der Waals surface area (Å²) in [5.41, 5.74) is 0. The molecule has 0 radical (unpaired) electrons. The number of nitrogens with one attached hydrogen (secondary N) is 1. The first-order valence-corrected chi connectivity index (χ1v) is 7.03. The number of sulfonamides is 1. The molecule has 0 aromatic carbocycles. The third kappa shape index (κ3) is 2.12. The van der Waals surface area contributed by atoms with Gasteiger partial charge in [-0.25, -0.2) is 13.4 Å². The molecule has 1 aromatic rings. The Kier molecular flexibility index (Phi) is 3.38. The summed E-state index contributed by atoms with van der Waals surface area (Å²) in [4.78, 5) is 4.03. The molecule has 18 heavy (non-hydrogen) atoms. The van der Waals surface area contributed by atoms with Crippen molar-refractivity contribution in [3.63, 3.8) is 0 Å². The molecule has 0 aliphatic carbocycles. The lowest BCUT2D eigenvalue weighted by Crippen LogP contribution is -2.52. The maximum atomic E-state index is 12.4. The van der Waals surface area contributed by atoms with Gasteiger partial charge in [-0.15, -0.1) is 0 Å². The Labute approximate surface area is 106 Å². The van der Waals surface area contributed by atoms with Gasteiger partial charge >= 0.3 is 0 Å². The minimum Gasteiger partial charge on any atom is -0.337 e. The molecule has 0 amide bonds. The van der Waals surface area contributed by atoms with Gasteiger partial charge in [0, 0.05) is 32.9 Å². The van der Waals surface area contributed by atoms with E-state index in [0.717, 1.165) is 0 Å². The molecule has 2 rings (SSSR count). The molecule has 7 nitrogen and oxygen atoms in total. The van der Waals surface area contributed by atoms with Crippen LogP contribution in [0.1, 0.15) is 5.82 Å². The largest absolute Gasteiger partial charge is 0.337 e. The number of rotatable bonds is 2. The molecule has 0 saturated carbocycles. The number of nitrogens with zero attached hydrogens (tertiary/aromatic N) is 4. The first kappa shape index (κ1) is 13.0. The van der Waals surface area contributed by atoms with E-state index in [-0.39, 0.29) is 11.6 Å².